The fourth-order valence-corrected chi connectivity index (χ4v) is 3.99. The van der Waals surface area contributed by atoms with E-state index in [0.29, 0.717) is 38.5 Å². The fourth-order valence-electron chi connectivity index (χ4n) is 3.09. The largest absolute Gasteiger partial charge is 0.497 e. The van der Waals surface area contributed by atoms with E-state index in [9.17, 15) is 9.59 Å². The first-order valence-electron chi connectivity index (χ1n) is 10.1. The summed E-state index contributed by atoms with van der Waals surface area (Å²) >= 11 is 7.35. The molecule has 1 heterocycles. The van der Waals surface area contributed by atoms with Crippen molar-refractivity contribution in [1.29, 1.82) is 0 Å². The number of rotatable bonds is 7. The number of carbonyl (C=O) groups is 1. The van der Waals surface area contributed by atoms with E-state index in [1.807, 2.05) is 12.1 Å². The van der Waals surface area contributed by atoms with Crippen LogP contribution in [-0.2, 0) is 0 Å². The van der Waals surface area contributed by atoms with Crippen LogP contribution in [0.4, 0.5) is 5.69 Å². The molecule has 0 aliphatic carbocycles. The number of halogens is 1. The van der Waals surface area contributed by atoms with Crippen molar-refractivity contribution in [2.45, 2.75) is 9.92 Å². The SMILES string of the molecule is COc1cc(NC(=O)c2ccc(-n3nc(Sc4ccc(Cl)cc4)ccc3=O)cc2)cc(OC)c1. The summed E-state index contributed by atoms with van der Waals surface area (Å²) in [5, 5.41) is 8.57. The highest BCUT2D eigenvalue weighted by molar-refractivity contribution is 7.99. The molecule has 0 saturated carbocycles. The molecule has 4 rings (SSSR count). The lowest BCUT2D eigenvalue weighted by Crippen LogP contribution is -2.20. The number of hydrogen-bond donors (Lipinski definition) is 1. The third-order valence-electron chi connectivity index (χ3n) is 4.80. The van der Waals surface area contributed by atoms with Gasteiger partial charge in [-0.3, -0.25) is 9.59 Å². The van der Waals surface area contributed by atoms with Crippen molar-refractivity contribution < 1.29 is 14.3 Å². The first-order valence-corrected chi connectivity index (χ1v) is 11.3. The predicted octanol–water partition coefficient (Wildman–Crippen LogP) is 5.31. The van der Waals surface area contributed by atoms with Gasteiger partial charge in [0.15, 0.2) is 0 Å². The van der Waals surface area contributed by atoms with Gasteiger partial charge in [-0.05, 0) is 54.6 Å². The lowest BCUT2D eigenvalue weighted by atomic mass is 10.2. The lowest BCUT2D eigenvalue weighted by molar-refractivity contribution is 0.102. The number of carbonyl (C=O) groups excluding carboxylic acids is 1. The monoisotopic (exact) mass is 493 g/mol. The van der Waals surface area contributed by atoms with Gasteiger partial charge in [0.2, 0.25) is 0 Å². The molecule has 34 heavy (non-hydrogen) atoms. The molecule has 4 aromatic rings. The Labute approximate surface area is 205 Å². The number of methoxy groups -OCH3 is 2. The van der Waals surface area contributed by atoms with Crippen molar-refractivity contribution in [2.75, 3.05) is 19.5 Å². The quantitative estimate of drug-likeness (QED) is 0.376. The van der Waals surface area contributed by atoms with E-state index in [1.54, 1.807) is 60.7 Å². The molecule has 1 amide bonds. The van der Waals surface area contributed by atoms with E-state index < -0.39 is 0 Å². The van der Waals surface area contributed by atoms with Crippen molar-refractivity contribution in [1.82, 2.24) is 9.78 Å². The Morgan fingerprint density at radius 1 is 0.912 bits per heavy atom. The zero-order chi connectivity index (χ0) is 24.1. The van der Waals surface area contributed by atoms with Gasteiger partial charge in [0.25, 0.3) is 11.5 Å². The molecule has 7 nitrogen and oxygen atoms in total. The Hall–Kier alpha value is -3.75. The van der Waals surface area contributed by atoms with Crippen LogP contribution in [0.15, 0.2) is 93.6 Å². The summed E-state index contributed by atoms with van der Waals surface area (Å²) in [7, 11) is 3.08. The van der Waals surface area contributed by atoms with Crippen LogP contribution in [0.3, 0.4) is 0 Å². The van der Waals surface area contributed by atoms with Gasteiger partial charge in [-0.2, -0.15) is 9.78 Å². The summed E-state index contributed by atoms with van der Waals surface area (Å²) in [4.78, 5) is 26.1. The maximum absolute atomic E-state index is 12.7. The summed E-state index contributed by atoms with van der Waals surface area (Å²) in [6.07, 6.45) is 0. The number of anilines is 1. The van der Waals surface area contributed by atoms with Crippen LogP contribution in [0.2, 0.25) is 5.02 Å². The van der Waals surface area contributed by atoms with Crippen LogP contribution in [0.1, 0.15) is 10.4 Å². The van der Waals surface area contributed by atoms with Crippen molar-refractivity contribution in [3.63, 3.8) is 0 Å². The molecule has 0 unspecified atom stereocenters. The third kappa shape index (κ3) is 5.59. The molecule has 0 aliphatic heterocycles. The molecule has 0 bridgehead atoms. The molecule has 1 aromatic heterocycles. The number of nitrogens with zero attached hydrogens (tertiary/aromatic N) is 2. The van der Waals surface area contributed by atoms with Crippen LogP contribution in [0.25, 0.3) is 5.69 Å². The van der Waals surface area contributed by atoms with Crippen molar-refractivity contribution in [3.8, 4) is 17.2 Å². The van der Waals surface area contributed by atoms with Crippen LogP contribution < -0.4 is 20.3 Å². The second-order valence-electron chi connectivity index (χ2n) is 7.08. The second-order valence-corrected chi connectivity index (χ2v) is 8.61. The molecule has 0 spiro atoms. The summed E-state index contributed by atoms with van der Waals surface area (Å²) in [5.41, 5.74) is 1.23. The van der Waals surface area contributed by atoms with Crippen LogP contribution in [0, 0.1) is 0 Å². The topological polar surface area (TPSA) is 82.5 Å². The van der Waals surface area contributed by atoms with Gasteiger partial charge in [-0.25, -0.2) is 0 Å². The number of benzene rings is 3. The average Bonchev–Trinajstić information content (AvgIpc) is 2.86. The zero-order valence-corrected chi connectivity index (χ0v) is 19.9. The number of aromatic nitrogens is 2. The molecule has 0 radical (unpaired) electrons. The second kappa shape index (κ2) is 10.5. The van der Waals surface area contributed by atoms with E-state index in [0.717, 1.165) is 4.90 Å². The van der Waals surface area contributed by atoms with Gasteiger partial charge in [-0.1, -0.05) is 23.4 Å². The average molecular weight is 494 g/mol. The Morgan fingerprint density at radius 3 is 2.18 bits per heavy atom. The third-order valence-corrected chi connectivity index (χ3v) is 5.98. The maximum Gasteiger partial charge on any atom is 0.271 e. The number of nitrogens with one attached hydrogen (secondary N) is 1. The van der Waals surface area contributed by atoms with Crippen LogP contribution in [-0.4, -0.2) is 29.9 Å². The molecule has 0 saturated heterocycles. The van der Waals surface area contributed by atoms with Crippen molar-refractivity contribution in [2.24, 2.45) is 0 Å². The van der Waals surface area contributed by atoms with Crippen molar-refractivity contribution >= 4 is 35.0 Å². The summed E-state index contributed by atoms with van der Waals surface area (Å²) in [6.45, 7) is 0. The summed E-state index contributed by atoms with van der Waals surface area (Å²) in [5.74, 6) is 0.813. The minimum atomic E-state index is -0.311. The highest BCUT2D eigenvalue weighted by atomic mass is 35.5. The van der Waals surface area contributed by atoms with Crippen LogP contribution in [0.5, 0.6) is 11.5 Å². The minimum Gasteiger partial charge on any atom is -0.497 e. The molecule has 172 valence electrons. The zero-order valence-electron chi connectivity index (χ0n) is 18.3. The number of ether oxygens (including phenoxy) is 2. The Kier molecular flexibility index (Phi) is 7.20. The fraction of sp³-hybridized carbons (Fsp3) is 0.0800. The van der Waals surface area contributed by atoms with Crippen molar-refractivity contribution in [3.05, 3.63) is 99.8 Å². The van der Waals surface area contributed by atoms with Gasteiger partial charge in [-0.15, -0.1) is 0 Å². The number of hydrogen-bond acceptors (Lipinski definition) is 6. The van der Waals surface area contributed by atoms with E-state index in [2.05, 4.69) is 10.4 Å². The molecule has 9 heteroatoms. The highest BCUT2D eigenvalue weighted by Gasteiger charge is 2.11. The molecule has 3 aromatic carbocycles. The van der Waals surface area contributed by atoms with Gasteiger partial charge in [0.05, 0.1) is 19.9 Å². The normalized spacial score (nSPS) is 10.6. The van der Waals surface area contributed by atoms with E-state index in [4.69, 9.17) is 21.1 Å². The summed E-state index contributed by atoms with van der Waals surface area (Å²) in [6, 6.07) is 22.2. The lowest BCUT2D eigenvalue weighted by Gasteiger charge is -2.11. The Bertz CT molecular complexity index is 1350. The molecule has 0 aliphatic rings. The first kappa shape index (κ1) is 23.4. The van der Waals surface area contributed by atoms with Gasteiger partial charge < -0.3 is 14.8 Å². The summed E-state index contributed by atoms with van der Waals surface area (Å²) < 4.78 is 11.8. The first-order chi connectivity index (χ1) is 16.4. The standard InChI is InChI=1S/C25H20ClN3O4S/c1-32-20-13-18(14-21(15-20)33-2)27-25(31)16-3-7-19(8-4-16)29-24(30)12-11-23(28-29)34-22-9-5-17(26)6-10-22/h3-15H,1-2H3,(H,27,31). The molecule has 0 fully saturated rings. The van der Waals surface area contributed by atoms with E-state index in [1.165, 1.54) is 36.7 Å². The number of amides is 1. The highest BCUT2D eigenvalue weighted by Crippen LogP contribution is 2.27. The van der Waals surface area contributed by atoms with Crippen LogP contribution >= 0.6 is 23.4 Å². The molecule has 1 N–H and O–H groups in total. The van der Waals surface area contributed by atoms with Gasteiger partial charge in [0, 0.05) is 45.4 Å². The maximum atomic E-state index is 12.7. The van der Waals surface area contributed by atoms with E-state index in [-0.39, 0.29) is 11.5 Å². The molecular formula is C25H20ClN3O4S. The molecule has 0 atom stereocenters. The smallest absolute Gasteiger partial charge is 0.271 e. The predicted molar refractivity (Wildman–Crippen MR) is 133 cm³/mol. The van der Waals surface area contributed by atoms with Gasteiger partial charge >= 0.3 is 0 Å². The van der Waals surface area contributed by atoms with E-state index >= 15 is 0 Å². The van der Waals surface area contributed by atoms with Gasteiger partial charge in [0.1, 0.15) is 16.5 Å². The Balaban J connectivity index is 1.52. The Morgan fingerprint density at radius 2 is 1.56 bits per heavy atom. The molecular weight excluding hydrogens is 474 g/mol. The minimum absolute atomic E-state index is 0.277.